The zero-order valence-electron chi connectivity index (χ0n) is 9.41. The lowest BCUT2D eigenvalue weighted by Gasteiger charge is -2.12. The van der Waals surface area contributed by atoms with Crippen molar-refractivity contribution in [3.8, 4) is 0 Å². The van der Waals surface area contributed by atoms with Crippen molar-refractivity contribution in [2.75, 3.05) is 16.9 Å². The molecule has 1 aliphatic rings. The molecule has 1 saturated heterocycles. The monoisotopic (exact) mass is 237 g/mol. The number of rotatable bonds is 2. The molecule has 4 nitrogen and oxygen atoms in total. The predicted octanol–water partition coefficient (Wildman–Crippen LogP) is 1.30. The zero-order chi connectivity index (χ0) is 11.5. The highest BCUT2D eigenvalue weighted by Gasteiger charge is 2.22. The van der Waals surface area contributed by atoms with Crippen LogP contribution in [-0.2, 0) is 4.79 Å². The van der Waals surface area contributed by atoms with E-state index in [1.165, 1.54) is 0 Å². The van der Waals surface area contributed by atoms with E-state index in [9.17, 15) is 4.79 Å². The van der Waals surface area contributed by atoms with E-state index in [4.69, 9.17) is 0 Å². The van der Waals surface area contributed by atoms with Crippen LogP contribution in [0, 0.1) is 13.8 Å². The van der Waals surface area contributed by atoms with E-state index in [0.717, 1.165) is 28.7 Å². The molecule has 1 fully saturated rings. The summed E-state index contributed by atoms with van der Waals surface area (Å²) in [6.07, 6.45) is 0. The maximum atomic E-state index is 11.8. The van der Waals surface area contributed by atoms with Crippen LogP contribution in [0.25, 0.3) is 0 Å². The molecular formula is C11H15N3OS. The van der Waals surface area contributed by atoms with E-state index >= 15 is 0 Å². The van der Waals surface area contributed by atoms with Gasteiger partial charge in [-0.05, 0) is 26.0 Å². The van der Waals surface area contributed by atoms with E-state index < -0.39 is 0 Å². The second-order valence-electron chi connectivity index (χ2n) is 3.85. The van der Waals surface area contributed by atoms with Crippen LogP contribution in [0.2, 0.25) is 0 Å². The molecule has 1 aliphatic heterocycles. The Balaban J connectivity index is 2.05. The molecule has 2 N–H and O–H groups in total. The number of amides is 1. The SMILES string of the molecule is Cc1ccc(NC(=O)C2CSCN2)c(C)n1. The summed E-state index contributed by atoms with van der Waals surface area (Å²) < 4.78 is 0. The Morgan fingerprint density at radius 2 is 2.38 bits per heavy atom. The van der Waals surface area contributed by atoms with Crippen molar-refractivity contribution in [2.24, 2.45) is 0 Å². The van der Waals surface area contributed by atoms with Crippen LogP contribution in [0.1, 0.15) is 11.4 Å². The van der Waals surface area contributed by atoms with Crippen molar-refractivity contribution >= 4 is 23.4 Å². The van der Waals surface area contributed by atoms with Gasteiger partial charge >= 0.3 is 0 Å². The van der Waals surface area contributed by atoms with Crippen LogP contribution in [0.4, 0.5) is 5.69 Å². The fourth-order valence-corrected chi connectivity index (χ4v) is 2.54. The Hall–Kier alpha value is -1.07. The van der Waals surface area contributed by atoms with Gasteiger partial charge in [0.2, 0.25) is 5.91 Å². The molecule has 2 rings (SSSR count). The van der Waals surface area contributed by atoms with Gasteiger partial charge in [-0.15, -0.1) is 11.8 Å². The summed E-state index contributed by atoms with van der Waals surface area (Å²) in [6.45, 7) is 3.84. The summed E-state index contributed by atoms with van der Waals surface area (Å²) >= 11 is 1.74. The highest BCUT2D eigenvalue weighted by atomic mass is 32.2. The van der Waals surface area contributed by atoms with E-state index in [1.807, 2.05) is 26.0 Å². The third-order valence-electron chi connectivity index (χ3n) is 2.52. The van der Waals surface area contributed by atoms with Gasteiger partial charge in [0.15, 0.2) is 0 Å². The summed E-state index contributed by atoms with van der Waals surface area (Å²) in [7, 11) is 0. The highest BCUT2D eigenvalue weighted by Crippen LogP contribution is 2.15. The quantitative estimate of drug-likeness (QED) is 0.814. The van der Waals surface area contributed by atoms with E-state index in [1.54, 1.807) is 11.8 Å². The number of aromatic nitrogens is 1. The van der Waals surface area contributed by atoms with Crippen LogP contribution < -0.4 is 10.6 Å². The van der Waals surface area contributed by atoms with Crippen molar-refractivity contribution in [1.29, 1.82) is 0 Å². The van der Waals surface area contributed by atoms with Gasteiger partial charge < -0.3 is 5.32 Å². The molecule has 0 radical (unpaired) electrons. The maximum Gasteiger partial charge on any atom is 0.242 e. The summed E-state index contributed by atoms with van der Waals surface area (Å²) in [5.41, 5.74) is 2.62. The van der Waals surface area contributed by atoms with Gasteiger partial charge in [0.05, 0.1) is 17.4 Å². The van der Waals surface area contributed by atoms with Gasteiger partial charge in [-0.2, -0.15) is 0 Å². The molecule has 1 unspecified atom stereocenters. The molecule has 86 valence electrons. The molecule has 0 aromatic carbocycles. The summed E-state index contributed by atoms with van der Waals surface area (Å²) in [5.74, 6) is 1.71. The number of thioether (sulfide) groups is 1. The molecule has 1 amide bonds. The van der Waals surface area contributed by atoms with Crippen molar-refractivity contribution in [3.63, 3.8) is 0 Å². The molecule has 0 bridgehead atoms. The Labute approximate surface area is 99.2 Å². The first-order valence-corrected chi connectivity index (χ1v) is 6.38. The van der Waals surface area contributed by atoms with E-state index in [0.29, 0.717) is 0 Å². The first-order valence-electron chi connectivity index (χ1n) is 5.23. The second-order valence-corrected chi connectivity index (χ2v) is 4.88. The number of nitrogens with zero attached hydrogens (tertiary/aromatic N) is 1. The molecule has 1 aromatic heterocycles. The van der Waals surface area contributed by atoms with Gasteiger partial charge in [0.1, 0.15) is 0 Å². The molecule has 0 saturated carbocycles. The molecule has 5 heteroatoms. The molecule has 16 heavy (non-hydrogen) atoms. The fourth-order valence-electron chi connectivity index (χ4n) is 1.60. The van der Waals surface area contributed by atoms with Crippen molar-refractivity contribution in [2.45, 2.75) is 19.9 Å². The summed E-state index contributed by atoms with van der Waals surface area (Å²) in [5, 5.41) is 6.04. The maximum absolute atomic E-state index is 11.8. The Kier molecular flexibility index (Phi) is 3.46. The minimum absolute atomic E-state index is 0.0266. The number of hydrogen-bond acceptors (Lipinski definition) is 4. The first kappa shape index (κ1) is 11.4. The lowest BCUT2D eigenvalue weighted by Crippen LogP contribution is -2.37. The normalized spacial score (nSPS) is 19.8. The van der Waals surface area contributed by atoms with Crippen molar-refractivity contribution in [1.82, 2.24) is 10.3 Å². The fraction of sp³-hybridized carbons (Fsp3) is 0.455. The largest absolute Gasteiger partial charge is 0.323 e. The molecule has 1 atom stereocenters. The lowest BCUT2D eigenvalue weighted by molar-refractivity contribution is -0.117. The highest BCUT2D eigenvalue weighted by molar-refractivity contribution is 7.99. The number of aryl methyl sites for hydroxylation is 2. The number of carbonyl (C=O) groups excluding carboxylic acids is 1. The minimum Gasteiger partial charge on any atom is -0.323 e. The zero-order valence-corrected chi connectivity index (χ0v) is 10.2. The number of nitrogens with one attached hydrogen (secondary N) is 2. The average Bonchev–Trinajstić information content (AvgIpc) is 2.75. The lowest BCUT2D eigenvalue weighted by atomic mass is 10.2. The number of anilines is 1. The summed E-state index contributed by atoms with van der Waals surface area (Å²) in [4.78, 5) is 16.2. The van der Waals surface area contributed by atoms with E-state index in [2.05, 4.69) is 15.6 Å². The molecule has 1 aromatic rings. The van der Waals surface area contributed by atoms with Crippen LogP contribution in [0.15, 0.2) is 12.1 Å². The molecular weight excluding hydrogens is 222 g/mol. The van der Waals surface area contributed by atoms with Crippen molar-refractivity contribution < 1.29 is 4.79 Å². The predicted molar refractivity (Wildman–Crippen MR) is 66.6 cm³/mol. The van der Waals surface area contributed by atoms with Crippen molar-refractivity contribution in [3.05, 3.63) is 23.5 Å². The van der Waals surface area contributed by atoms with Gasteiger partial charge in [-0.1, -0.05) is 0 Å². The minimum atomic E-state index is -0.0781. The molecule has 0 aliphatic carbocycles. The second kappa shape index (κ2) is 4.84. The Morgan fingerprint density at radius 1 is 1.56 bits per heavy atom. The molecule has 2 heterocycles. The van der Waals surface area contributed by atoms with E-state index in [-0.39, 0.29) is 11.9 Å². The standard InChI is InChI=1S/C11H15N3OS/c1-7-3-4-9(8(2)13-7)14-11(15)10-5-16-6-12-10/h3-4,10,12H,5-6H2,1-2H3,(H,14,15). The molecule has 0 spiro atoms. The van der Waals surface area contributed by atoms with Crippen LogP contribution in [-0.4, -0.2) is 28.6 Å². The number of hydrogen-bond donors (Lipinski definition) is 2. The van der Waals surface area contributed by atoms with Crippen LogP contribution in [0.5, 0.6) is 0 Å². The smallest absolute Gasteiger partial charge is 0.242 e. The van der Waals surface area contributed by atoms with Gasteiger partial charge in [0.25, 0.3) is 0 Å². The third kappa shape index (κ3) is 2.54. The van der Waals surface area contributed by atoms with Gasteiger partial charge in [-0.25, -0.2) is 0 Å². The topological polar surface area (TPSA) is 54.0 Å². The van der Waals surface area contributed by atoms with Crippen LogP contribution >= 0.6 is 11.8 Å². The van der Waals surface area contributed by atoms with Crippen LogP contribution in [0.3, 0.4) is 0 Å². The Bertz CT molecular complexity index is 402. The van der Waals surface area contributed by atoms with Gasteiger partial charge in [-0.3, -0.25) is 15.1 Å². The average molecular weight is 237 g/mol. The number of carbonyl (C=O) groups is 1. The third-order valence-corrected chi connectivity index (χ3v) is 3.46. The summed E-state index contributed by atoms with van der Waals surface area (Å²) in [6, 6.07) is 3.72. The number of pyridine rings is 1. The first-order chi connectivity index (χ1) is 7.66. The Morgan fingerprint density at radius 3 is 3.00 bits per heavy atom. The van der Waals surface area contributed by atoms with Gasteiger partial charge in [0, 0.05) is 17.3 Å².